The van der Waals surface area contributed by atoms with E-state index in [-0.39, 0.29) is 38.6 Å². The Balaban J connectivity index is 4.01. The lowest BCUT2D eigenvalue weighted by Crippen LogP contribution is -2.29. The molecular formula is C60H108NO8P. The SMILES string of the molecule is CC/C=C\C/C=C\C/C=C\C/C=C\C/C=C\C/C=C\CCCCCCCCC(=O)OC(COC(=O)CCCCCCCCCCCCCCCCCCCCCCCCCC)COP(=O)(O)OCCN. The van der Waals surface area contributed by atoms with Gasteiger partial charge in [0.15, 0.2) is 6.10 Å². The van der Waals surface area contributed by atoms with Crippen molar-refractivity contribution < 1.29 is 37.6 Å². The summed E-state index contributed by atoms with van der Waals surface area (Å²) in [6, 6.07) is 0. The second-order valence-corrected chi connectivity index (χ2v) is 20.6. The number of hydrogen-bond donors (Lipinski definition) is 2. The number of allylic oxidation sites excluding steroid dienone is 12. The van der Waals surface area contributed by atoms with Crippen LogP contribution >= 0.6 is 7.82 Å². The van der Waals surface area contributed by atoms with E-state index in [1.807, 2.05) is 0 Å². The smallest absolute Gasteiger partial charge is 0.462 e. The van der Waals surface area contributed by atoms with Crippen LogP contribution in [0, 0.1) is 0 Å². The third kappa shape index (κ3) is 54.8. The van der Waals surface area contributed by atoms with Gasteiger partial charge in [-0.05, 0) is 64.2 Å². The quantitative estimate of drug-likeness (QED) is 0.0264. The van der Waals surface area contributed by atoms with Gasteiger partial charge in [0.25, 0.3) is 0 Å². The summed E-state index contributed by atoms with van der Waals surface area (Å²) in [5.41, 5.74) is 5.38. The monoisotopic (exact) mass is 1000 g/mol. The van der Waals surface area contributed by atoms with Crippen LogP contribution in [-0.2, 0) is 32.7 Å². The normalized spacial score (nSPS) is 13.6. The Labute approximate surface area is 431 Å². The van der Waals surface area contributed by atoms with E-state index in [0.717, 1.165) is 96.3 Å². The van der Waals surface area contributed by atoms with Gasteiger partial charge in [-0.25, -0.2) is 4.57 Å². The minimum absolute atomic E-state index is 0.0486. The van der Waals surface area contributed by atoms with Gasteiger partial charge in [-0.2, -0.15) is 0 Å². The summed E-state index contributed by atoms with van der Waals surface area (Å²) in [5.74, 6) is -0.838. The van der Waals surface area contributed by atoms with Crippen LogP contribution in [0.5, 0.6) is 0 Å². The maximum Gasteiger partial charge on any atom is 0.472 e. The number of phosphoric ester groups is 1. The lowest BCUT2D eigenvalue weighted by Gasteiger charge is -2.19. The summed E-state index contributed by atoms with van der Waals surface area (Å²) in [5, 5.41) is 0. The maximum atomic E-state index is 12.7. The molecule has 0 spiro atoms. The van der Waals surface area contributed by atoms with Crippen LogP contribution in [0.3, 0.4) is 0 Å². The number of nitrogens with two attached hydrogens (primary N) is 1. The molecular weight excluding hydrogens is 894 g/mol. The zero-order chi connectivity index (χ0) is 51.0. The van der Waals surface area contributed by atoms with E-state index in [1.54, 1.807) is 0 Å². The van der Waals surface area contributed by atoms with E-state index in [4.69, 9.17) is 24.3 Å². The van der Waals surface area contributed by atoms with Gasteiger partial charge in [-0.3, -0.25) is 18.6 Å². The number of carbonyl (C=O) groups excluding carboxylic acids is 2. The van der Waals surface area contributed by atoms with Crippen molar-refractivity contribution in [2.24, 2.45) is 5.73 Å². The van der Waals surface area contributed by atoms with Gasteiger partial charge < -0.3 is 20.1 Å². The number of rotatable bonds is 54. The molecule has 0 radical (unpaired) electrons. The zero-order valence-corrected chi connectivity index (χ0v) is 46.1. The largest absolute Gasteiger partial charge is 0.472 e. The molecule has 3 N–H and O–H groups in total. The first-order valence-corrected chi connectivity index (χ1v) is 30.4. The molecule has 70 heavy (non-hydrogen) atoms. The van der Waals surface area contributed by atoms with Crippen LogP contribution < -0.4 is 5.73 Å². The lowest BCUT2D eigenvalue weighted by molar-refractivity contribution is -0.161. The molecule has 0 saturated heterocycles. The number of phosphoric acid groups is 1. The average Bonchev–Trinajstić information content (AvgIpc) is 3.35. The second kappa shape index (κ2) is 55.8. The summed E-state index contributed by atoms with van der Waals surface area (Å²) in [7, 11) is -4.39. The molecule has 406 valence electrons. The predicted molar refractivity (Wildman–Crippen MR) is 298 cm³/mol. The third-order valence-corrected chi connectivity index (χ3v) is 13.3. The van der Waals surface area contributed by atoms with E-state index in [0.29, 0.717) is 6.42 Å². The molecule has 2 unspecified atom stereocenters. The fourth-order valence-electron chi connectivity index (χ4n) is 8.11. The number of esters is 2. The van der Waals surface area contributed by atoms with Crippen LogP contribution in [0.15, 0.2) is 72.9 Å². The minimum Gasteiger partial charge on any atom is -0.462 e. The van der Waals surface area contributed by atoms with Crippen molar-refractivity contribution in [1.29, 1.82) is 0 Å². The van der Waals surface area contributed by atoms with E-state index in [9.17, 15) is 19.0 Å². The molecule has 0 aromatic carbocycles. The highest BCUT2D eigenvalue weighted by Crippen LogP contribution is 2.43. The molecule has 0 rings (SSSR count). The molecule has 0 aliphatic heterocycles. The van der Waals surface area contributed by atoms with E-state index >= 15 is 0 Å². The molecule has 9 nitrogen and oxygen atoms in total. The zero-order valence-electron chi connectivity index (χ0n) is 45.2. The Morgan fingerprint density at radius 1 is 0.443 bits per heavy atom. The number of hydrogen-bond acceptors (Lipinski definition) is 8. The van der Waals surface area contributed by atoms with Crippen LogP contribution in [0.4, 0.5) is 0 Å². The van der Waals surface area contributed by atoms with E-state index in [2.05, 4.69) is 86.8 Å². The summed E-state index contributed by atoms with van der Waals surface area (Å²) in [6.45, 7) is 3.64. The Kier molecular flexibility index (Phi) is 53.7. The van der Waals surface area contributed by atoms with Crippen molar-refractivity contribution in [1.82, 2.24) is 0 Å². The van der Waals surface area contributed by atoms with E-state index < -0.39 is 26.5 Å². The molecule has 0 aromatic heterocycles. The van der Waals surface area contributed by atoms with Gasteiger partial charge in [0.05, 0.1) is 13.2 Å². The Morgan fingerprint density at radius 2 is 0.786 bits per heavy atom. The van der Waals surface area contributed by atoms with Gasteiger partial charge in [0.1, 0.15) is 6.61 Å². The van der Waals surface area contributed by atoms with Crippen molar-refractivity contribution >= 4 is 19.8 Å². The van der Waals surface area contributed by atoms with Gasteiger partial charge in [-0.15, -0.1) is 0 Å². The standard InChI is InChI=1S/C60H108NO8P/c1-3-5-7-9-11-13-15-17-19-21-23-25-27-29-31-33-35-37-39-41-43-45-47-49-51-53-60(63)69-58(57-68-70(64,65)67-55-54-61)56-66-59(62)52-50-48-46-44-42-40-38-36-34-32-30-28-26-24-22-20-18-16-14-12-10-8-6-4-2/h5,7,11,13,17,19,23,25,29,31,35,37,58H,3-4,6,8-10,12,14-16,18,20-22,24,26-28,30,32-34,36,38-57,61H2,1-2H3,(H,64,65)/b7-5-,13-11-,19-17-,25-23-,31-29-,37-35-. The van der Waals surface area contributed by atoms with Crippen LogP contribution in [-0.4, -0.2) is 49.3 Å². The summed E-state index contributed by atoms with van der Waals surface area (Å²) < 4.78 is 33.0. The number of unbranched alkanes of at least 4 members (excludes halogenated alkanes) is 29. The predicted octanol–water partition coefficient (Wildman–Crippen LogP) is 18.1. The van der Waals surface area contributed by atoms with Crippen LogP contribution in [0.1, 0.15) is 264 Å². The van der Waals surface area contributed by atoms with Gasteiger partial charge in [0, 0.05) is 19.4 Å². The van der Waals surface area contributed by atoms with Crippen molar-refractivity contribution in [3.63, 3.8) is 0 Å². The van der Waals surface area contributed by atoms with Crippen LogP contribution in [0.25, 0.3) is 0 Å². The first-order valence-electron chi connectivity index (χ1n) is 28.9. The Hall–Kier alpha value is -2.55. The molecule has 0 fully saturated rings. The van der Waals surface area contributed by atoms with Crippen molar-refractivity contribution in [2.45, 2.75) is 270 Å². The molecule has 0 aliphatic carbocycles. The van der Waals surface area contributed by atoms with Crippen molar-refractivity contribution in [2.75, 3.05) is 26.4 Å². The molecule has 0 aliphatic rings. The highest BCUT2D eigenvalue weighted by Gasteiger charge is 2.26. The van der Waals surface area contributed by atoms with Crippen LogP contribution in [0.2, 0.25) is 0 Å². The van der Waals surface area contributed by atoms with Gasteiger partial charge in [0.2, 0.25) is 0 Å². The molecule has 0 amide bonds. The molecule has 2 atom stereocenters. The molecule has 0 saturated carbocycles. The molecule has 0 bridgehead atoms. The molecule has 0 aromatic rings. The maximum absolute atomic E-state index is 12.7. The fourth-order valence-corrected chi connectivity index (χ4v) is 8.88. The lowest BCUT2D eigenvalue weighted by atomic mass is 10.0. The first kappa shape index (κ1) is 67.5. The number of ether oxygens (including phenoxy) is 2. The number of carbonyl (C=O) groups is 2. The highest BCUT2D eigenvalue weighted by molar-refractivity contribution is 7.47. The van der Waals surface area contributed by atoms with Gasteiger partial charge >= 0.3 is 19.8 Å². The third-order valence-electron chi connectivity index (χ3n) is 12.4. The minimum atomic E-state index is -4.39. The Bertz CT molecular complexity index is 1370. The highest BCUT2D eigenvalue weighted by atomic mass is 31.2. The van der Waals surface area contributed by atoms with E-state index in [1.165, 1.54) is 135 Å². The molecule has 0 heterocycles. The summed E-state index contributed by atoms with van der Waals surface area (Å²) in [4.78, 5) is 35.2. The first-order chi connectivity index (χ1) is 34.3. The van der Waals surface area contributed by atoms with Crippen molar-refractivity contribution in [3.05, 3.63) is 72.9 Å². The fraction of sp³-hybridized carbons (Fsp3) is 0.767. The average molecular weight is 1000 g/mol. The second-order valence-electron chi connectivity index (χ2n) is 19.1. The summed E-state index contributed by atoms with van der Waals surface area (Å²) in [6.07, 6.45) is 71.0. The Morgan fingerprint density at radius 3 is 1.17 bits per heavy atom. The molecule has 10 heteroatoms. The van der Waals surface area contributed by atoms with Gasteiger partial charge in [-0.1, -0.05) is 260 Å². The topological polar surface area (TPSA) is 134 Å². The summed E-state index contributed by atoms with van der Waals surface area (Å²) >= 11 is 0. The van der Waals surface area contributed by atoms with Crippen molar-refractivity contribution in [3.8, 4) is 0 Å².